The molecule has 0 aliphatic heterocycles. The number of aliphatic hydroxyl groups excluding tert-OH is 1. The second-order valence-electron chi connectivity index (χ2n) is 4.74. The molecule has 1 aliphatic carbocycles. The van der Waals surface area contributed by atoms with Gasteiger partial charge < -0.3 is 5.11 Å². The van der Waals surface area contributed by atoms with Crippen LogP contribution in [0, 0.1) is 5.92 Å². The van der Waals surface area contributed by atoms with Gasteiger partial charge in [0.05, 0.1) is 0 Å². The normalized spacial score (nSPS) is 18.2. The summed E-state index contributed by atoms with van der Waals surface area (Å²) in [5, 5.41) is 8.73. The molecule has 0 amide bonds. The van der Waals surface area contributed by atoms with Crippen LogP contribution in [0.1, 0.15) is 53.4 Å². The van der Waals surface area contributed by atoms with Crippen LogP contribution in [0.3, 0.4) is 0 Å². The minimum atomic E-state index is 0.340. The van der Waals surface area contributed by atoms with E-state index in [0.29, 0.717) is 12.5 Å². The molecule has 0 saturated heterocycles. The standard InChI is InChI=1S/C14H24O/c1-10-11(2)13(4)14(12(10)3)8-6-5-7-9-15/h14-15H,5-9H2,1-4H3. The Balaban J connectivity index is 2.50. The Hall–Kier alpha value is -0.560. The summed E-state index contributed by atoms with van der Waals surface area (Å²) >= 11 is 0. The molecule has 0 unspecified atom stereocenters. The third-order valence-electron chi connectivity index (χ3n) is 3.94. The van der Waals surface area contributed by atoms with Crippen LogP contribution in [0.2, 0.25) is 0 Å². The minimum Gasteiger partial charge on any atom is -0.396 e. The SMILES string of the molecule is CC1=C(C)C(CCCCCO)C(C)=C1C. The summed E-state index contributed by atoms with van der Waals surface area (Å²) < 4.78 is 0. The molecule has 0 saturated carbocycles. The van der Waals surface area contributed by atoms with E-state index in [1.165, 1.54) is 24.0 Å². The Morgan fingerprint density at radius 3 is 1.87 bits per heavy atom. The molecule has 0 atom stereocenters. The van der Waals surface area contributed by atoms with Crippen molar-refractivity contribution in [2.75, 3.05) is 6.61 Å². The van der Waals surface area contributed by atoms with Crippen LogP contribution in [0.5, 0.6) is 0 Å². The molecule has 0 spiro atoms. The lowest BCUT2D eigenvalue weighted by Crippen LogP contribution is -2.01. The van der Waals surface area contributed by atoms with Gasteiger partial charge in [0.1, 0.15) is 0 Å². The average molecular weight is 208 g/mol. The zero-order chi connectivity index (χ0) is 11.4. The Morgan fingerprint density at radius 2 is 1.40 bits per heavy atom. The van der Waals surface area contributed by atoms with Crippen molar-refractivity contribution in [2.24, 2.45) is 5.92 Å². The maximum atomic E-state index is 8.73. The van der Waals surface area contributed by atoms with Crippen molar-refractivity contribution in [1.82, 2.24) is 0 Å². The number of rotatable bonds is 5. The summed E-state index contributed by atoms with van der Waals surface area (Å²) in [7, 11) is 0. The van der Waals surface area contributed by atoms with Crippen LogP contribution in [0.4, 0.5) is 0 Å². The monoisotopic (exact) mass is 208 g/mol. The van der Waals surface area contributed by atoms with E-state index in [9.17, 15) is 0 Å². The first-order chi connectivity index (χ1) is 7.09. The summed E-state index contributed by atoms with van der Waals surface area (Å²) in [6.07, 6.45) is 4.61. The highest BCUT2D eigenvalue weighted by Crippen LogP contribution is 2.39. The molecule has 0 radical (unpaired) electrons. The van der Waals surface area contributed by atoms with E-state index < -0.39 is 0 Å². The molecule has 0 fully saturated rings. The molecule has 15 heavy (non-hydrogen) atoms. The predicted octanol–water partition coefficient (Wildman–Crippen LogP) is 3.84. The summed E-state index contributed by atoms with van der Waals surface area (Å²) in [6, 6.07) is 0. The quantitative estimate of drug-likeness (QED) is 0.681. The van der Waals surface area contributed by atoms with Crippen LogP contribution in [-0.2, 0) is 0 Å². The largest absolute Gasteiger partial charge is 0.396 e. The first kappa shape index (κ1) is 12.5. The lowest BCUT2D eigenvalue weighted by molar-refractivity contribution is 0.282. The van der Waals surface area contributed by atoms with Gasteiger partial charge in [-0.1, -0.05) is 24.0 Å². The molecular formula is C14H24O. The predicted molar refractivity (Wildman–Crippen MR) is 65.8 cm³/mol. The van der Waals surface area contributed by atoms with Crippen molar-refractivity contribution < 1.29 is 5.11 Å². The number of unbranched alkanes of at least 4 members (excludes halogenated alkanes) is 2. The van der Waals surface area contributed by atoms with Crippen molar-refractivity contribution in [3.8, 4) is 0 Å². The van der Waals surface area contributed by atoms with E-state index in [4.69, 9.17) is 5.11 Å². The van der Waals surface area contributed by atoms with Crippen molar-refractivity contribution in [3.63, 3.8) is 0 Å². The Labute approximate surface area is 93.9 Å². The van der Waals surface area contributed by atoms with Gasteiger partial charge in [-0.3, -0.25) is 0 Å². The summed E-state index contributed by atoms with van der Waals surface area (Å²) in [4.78, 5) is 0. The first-order valence-electron chi connectivity index (χ1n) is 6.05. The lowest BCUT2D eigenvalue weighted by atomic mass is 9.91. The van der Waals surface area contributed by atoms with Gasteiger partial charge in [0.25, 0.3) is 0 Å². The highest BCUT2D eigenvalue weighted by atomic mass is 16.2. The van der Waals surface area contributed by atoms with Crippen LogP contribution in [0.25, 0.3) is 0 Å². The first-order valence-corrected chi connectivity index (χ1v) is 6.05. The van der Waals surface area contributed by atoms with Gasteiger partial charge in [-0.05, 0) is 51.7 Å². The second kappa shape index (κ2) is 5.50. The van der Waals surface area contributed by atoms with Crippen LogP contribution < -0.4 is 0 Å². The van der Waals surface area contributed by atoms with E-state index in [2.05, 4.69) is 27.7 Å². The van der Waals surface area contributed by atoms with E-state index in [0.717, 1.165) is 12.8 Å². The molecule has 86 valence electrons. The van der Waals surface area contributed by atoms with Gasteiger partial charge >= 0.3 is 0 Å². The number of allylic oxidation sites excluding steroid dienone is 4. The molecule has 0 bridgehead atoms. The molecule has 0 aromatic carbocycles. The molecule has 1 nitrogen and oxygen atoms in total. The second-order valence-corrected chi connectivity index (χ2v) is 4.74. The van der Waals surface area contributed by atoms with E-state index in [-0.39, 0.29) is 0 Å². The van der Waals surface area contributed by atoms with Crippen molar-refractivity contribution in [1.29, 1.82) is 0 Å². The smallest absolute Gasteiger partial charge is 0.0431 e. The van der Waals surface area contributed by atoms with Gasteiger partial charge in [-0.25, -0.2) is 0 Å². The number of hydrogen-bond acceptors (Lipinski definition) is 1. The molecule has 1 heteroatoms. The zero-order valence-corrected chi connectivity index (χ0v) is 10.6. The molecule has 0 aromatic rings. The molecule has 0 aromatic heterocycles. The highest BCUT2D eigenvalue weighted by molar-refractivity contribution is 5.46. The minimum absolute atomic E-state index is 0.340. The maximum absolute atomic E-state index is 8.73. The van der Waals surface area contributed by atoms with Gasteiger partial charge in [0, 0.05) is 12.5 Å². The van der Waals surface area contributed by atoms with Crippen LogP contribution >= 0.6 is 0 Å². The molecular weight excluding hydrogens is 184 g/mol. The van der Waals surface area contributed by atoms with Crippen LogP contribution in [-0.4, -0.2) is 11.7 Å². The van der Waals surface area contributed by atoms with Crippen molar-refractivity contribution in [3.05, 3.63) is 22.3 Å². The Kier molecular flexibility index (Phi) is 4.59. The third kappa shape index (κ3) is 2.72. The Bertz CT molecular complexity index is 260. The summed E-state index contributed by atoms with van der Waals surface area (Å²) in [5.74, 6) is 0.684. The van der Waals surface area contributed by atoms with Crippen LogP contribution in [0.15, 0.2) is 22.3 Å². The van der Waals surface area contributed by atoms with E-state index in [1.807, 2.05) is 0 Å². The van der Waals surface area contributed by atoms with Gasteiger partial charge in [0.2, 0.25) is 0 Å². The topological polar surface area (TPSA) is 20.2 Å². The zero-order valence-electron chi connectivity index (χ0n) is 10.6. The van der Waals surface area contributed by atoms with Gasteiger partial charge in [-0.15, -0.1) is 0 Å². The van der Waals surface area contributed by atoms with E-state index in [1.54, 1.807) is 11.1 Å². The molecule has 1 aliphatic rings. The number of hydrogen-bond donors (Lipinski definition) is 1. The van der Waals surface area contributed by atoms with Gasteiger partial charge in [-0.2, -0.15) is 0 Å². The average Bonchev–Trinajstić information content (AvgIpc) is 2.41. The summed E-state index contributed by atoms with van der Waals surface area (Å²) in [5.41, 5.74) is 6.13. The fraction of sp³-hybridized carbons (Fsp3) is 0.714. The van der Waals surface area contributed by atoms with Gasteiger partial charge in [0.15, 0.2) is 0 Å². The van der Waals surface area contributed by atoms with Crippen molar-refractivity contribution >= 4 is 0 Å². The van der Waals surface area contributed by atoms with Crippen molar-refractivity contribution in [2.45, 2.75) is 53.4 Å². The molecule has 1 rings (SSSR count). The third-order valence-corrected chi connectivity index (χ3v) is 3.94. The Morgan fingerprint density at radius 1 is 0.867 bits per heavy atom. The highest BCUT2D eigenvalue weighted by Gasteiger charge is 2.23. The molecule has 0 heterocycles. The maximum Gasteiger partial charge on any atom is 0.0431 e. The van der Waals surface area contributed by atoms with E-state index >= 15 is 0 Å². The molecule has 1 N–H and O–H groups in total. The fourth-order valence-electron chi connectivity index (χ4n) is 2.51. The number of aliphatic hydroxyl groups is 1. The lowest BCUT2D eigenvalue weighted by Gasteiger charge is -2.14. The fourth-order valence-corrected chi connectivity index (χ4v) is 2.51. The summed E-state index contributed by atoms with van der Waals surface area (Å²) in [6.45, 7) is 9.36.